The molecule has 1 heterocycles. The molecule has 4 heteroatoms. The summed E-state index contributed by atoms with van der Waals surface area (Å²) in [6, 6.07) is 9.53. The second kappa shape index (κ2) is 6.79. The number of hydrogen-bond donors (Lipinski definition) is 0. The number of carbonyl (C=O) groups is 2. The lowest BCUT2D eigenvalue weighted by atomic mass is 9.83. The largest absolute Gasteiger partial charge is 0.299 e. The summed E-state index contributed by atoms with van der Waals surface area (Å²) in [6.45, 7) is 8.78. The van der Waals surface area contributed by atoms with E-state index in [9.17, 15) is 9.59 Å². The Kier molecular flexibility index (Phi) is 5.44. The number of Topliss-reactive ketones (excluding diaryl/α,β-unsaturated/α-hetero) is 1. The molecule has 1 aromatic rings. The Morgan fingerprint density at radius 2 is 1.64 bits per heavy atom. The summed E-state index contributed by atoms with van der Waals surface area (Å²) < 4.78 is 0.190. The van der Waals surface area contributed by atoms with E-state index in [0.29, 0.717) is 0 Å². The van der Waals surface area contributed by atoms with Crippen molar-refractivity contribution >= 4 is 34.4 Å². The first kappa shape index (κ1) is 17.6. The van der Waals surface area contributed by atoms with Crippen molar-refractivity contribution in [1.82, 2.24) is 0 Å². The van der Waals surface area contributed by atoms with Gasteiger partial charge in [0, 0.05) is 20.3 Å². The number of hydrogen-bond acceptors (Lipinski definition) is 4. The summed E-state index contributed by atoms with van der Waals surface area (Å²) in [5.74, 6) is 0.112. The Balaban J connectivity index is 1.95. The van der Waals surface area contributed by atoms with Crippen LogP contribution in [0, 0.1) is 5.92 Å². The van der Waals surface area contributed by atoms with E-state index in [-0.39, 0.29) is 32.7 Å². The molecule has 0 amide bonds. The third kappa shape index (κ3) is 5.17. The minimum Gasteiger partial charge on any atom is -0.299 e. The van der Waals surface area contributed by atoms with Gasteiger partial charge in [0.1, 0.15) is 5.78 Å². The smallest absolute Gasteiger partial charge is 0.201 e. The van der Waals surface area contributed by atoms with Gasteiger partial charge in [-0.05, 0) is 25.0 Å². The van der Waals surface area contributed by atoms with Gasteiger partial charge in [-0.15, -0.1) is 11.8 Å². The molecule has 0 saturated carbocycles. The lowest BCUT2D eigenvalue weighted by molar-refractivity contribution is -0.127. The lowest BCUT2D eigenvalue weighted by Gasteiger charge is -2.43. The average Bonchev–Trinajstić information content (AvgIpc) is 2.36. The van der Waals surface area contributed by atoms with Gasteiger partial charge in [-0.25, -0.2) is 0 Å². The summed E-state index contributed by atoms with van der Waals surface area (Å²) in [5, 5.41) is -0.0509. The fraction of sp³-hybridized carbons (Fsp3) is 0.556. The fourth-order valence-electron chi connectivity index (χ4n) is 3.26. The number of rotatable bonds is 4. The molecule has 0 aliphatic carbocycles. The van der Waals surface area contributed by atoms with Crippen LogP contribution in [0.5, 0.6) is 0 Å². The number of ketones is 1. The zero-order valence-corrected chi connectivity index (χ0v) is 15.4. The standard InChI is InChI=1S/C18H24O2S2/c1-17(2)11-13(12-18(3,4)22-17)15(19)10-16(20)21-14-8-6-5-7-9-14/h5-9,13H,10-12H2,1-4H3. The van der Waals surface area contributed by atoms with Gasteiger partial charge < -0.3 is 0 Å². The van der Waals surface area contributed by atoms with Crippen LogP contribution in [0.1, 0.15) is 47.0 Å². The Labute approximate surface area is 141 Å². The van der Waals surface area contributed by atoms with Crippen molar-refractivity contribution in [3.63, 3.8) is 0 Å². The molecule has 0 radical (unpaired) electrons. The highest BCUT2D eigenvalue weighted by Gasteiger charge is 2.41. The highest BCUT2D eigenvalue weighted by atomic mass is 32.2. The normalized spacial score (nSPS) is 20.5. The topological polar surface area (TPSA) is 34.1 Å². The van der Waals surface area contributed by atoms with Crippen LogP contribution in [0.3, 0.4) is 0 Å². The van der Waals surface area contributed by atoms with Crippen LogP contribution in [0.2, 0.25) is 0 Å². The first-order chi connectivity index (χ1) is 10.2. The number of carbonyl (C=O) groups excluding carboxylic acids is 2. The monoisotopic (exact) mass is 336 g/mol. The summed E-state index contributed by atoms with van der Waals surface area (Å²) in [7, 11) is 0. The van der Waals surface area contributed by atoms with Crippen molar-refractivity contribution < 1.29 is 9.59 Å². The fourth-order valence-corrected chi connectivity index (χ4v) is 6.10. The molecule has 0 N–H and O–H groups in total. The SMILES string of the molecule is CC1(C)CC(C(=O)CC(=O)Sc2ccccc2)CC(C)(C)S1. The van der Waals surface area contributed by atoms with Crippen LogP contribution in [-0.2, 0) is 9.59 Å². The predicted molar refractivity (Wildman–Crippen MR) is 95.4 cm³/mol. The Hall–Kier alpha value is -0.740. The number of thioether (sulfide) groups is 2. The third-order valence-electron chi connectivity index (χ3n) is 3.78. The molecule has 1 aliphatic rings. The van der Waals surface area contributed by atoms with Gasteiger partial charge in [-0.1, -0.05) is 57.7 Å². The summed E-state index contributed by atoms with van der Waals surface area (Å²) in [5.41, 5.74) is 0. The zero-order chi connectivity index (χ0) is 16.4. The molecule has 2 nitrogen and oxygen atoms in total. The maximum absolute atomic E-state index is 12.5. The van der Waals surface area contributed by atoms with E-state index < -0.39 is 0 Å². The minimum atomic E-state index is -0.0509. The molecule has 0 atom stereocenters. The Bertz CT molecular complexity index is 533. The van der Waals surface area contributed by atoms with Crippen LogP contribution in [0.15, 0.2) is 35.2 Å². The molecule has 0 aromatic heterocycles. The van der Waals surface area contributed by atoms with E-state index in [2.05, 4.69) is 27.7 Å². The maximum atomic E-state index is 12.5. The molecule has 1 fully saturated rings. The molecule has 120 valence electrons. The zero-order valence-electron chi connectivity index (χ0n) is 13.7. The van der Waals surface area contributed by atoms with E-state index in [4.69, 9.17) is 0 Å². The lowest BCUT2D eigenvalue weighted by Crippen LogP contribution is -2.40. The second-order valence-corrected chi connectivity index (χ2v) is 10.7. The van der Waals surface area contributed by atoms with Crippen LogP contribution >= 0.6 is 23.5 Å². The van der Waals surface area contributed by atoms with Crippen LogP contribution in [0.4, 0.5) is 0 Å². The molecule has 0 bridgehead atoms. The molecule has 1 aliphatic heterocycles. The van der Waals surface area contributed by atoms with E-state index in [1.165, 1.54) is 11.8 Å². The Morgan fingerprint density at radius 3 is 2.18 bits per heavy atom. The van der Waals surface area contributed by atoms with E-state index in [1.54, 1.807) is 0 Å². The average molecular weight is 337 g/mol. The van der Waals surface area contributed by atoms with Gasteiger partial charge in [-0.3, -0.25) is 9.59 Å². The second-order valence-electron chi connectivity index (χ2n) is 7.16. The quantitative estimate of drug-likeness (QED) is 0.574. The molecule has 1 aromatic carbocycles. The van der Waals surface area contributed by atoms with Crippen molar-refractivity contribution in [2.24, 2.45) is 5.92 Å². The summed E-state index contributed by atoms with van der Waals surface area (Å²) >= 11 is 3.12. The van der Waals surface area contributed by atoms with Gasteiger partial charge in [0.05, 0.1) is 6.42 Å². The molecular formula is C18H24O2S2. The highest BCUT2D eigenvalue weighted by molar-refractivity contribution is 8.13. The van der Waals surface area contributed by atoms with Crippen molar-refractivity contribution in [2.45, 2.75) is 61.3 Å². The van der Waals surface area contributed by atoms with Crippen LogP contribution in [0.25, 0.3) is 0 Å². The van der Waals surface area contributed by atoms with Crippen molar-refractivity contribution in [1.29, 1.82) is 0 Å². The number of benzene rings is 1. The van der Waals surface area contributed by atoms with Gasteiger partial charge >= 0.3 is 0 Å². The van der Waals surface area contributed by atoms with Crippen molar-refractivity contribution in [3.8, 4) is 0 Å². The Morgan fingerprint density at radius 1 is 1.09 bits per heavy atom. The predicted octanol–water partition coefficient (Wildman–Crippen LogP) is 4.96. The molecule has 0 spiro atoms. The minimum absolute atomic E-state index is 0.00609. The van der Waals surface area contributed by atoms with Gasteiger partial charge in [0.2, 0.25) is 5.12 Å². The van der Waals surface area contributed by atoms with E-state index in [1.807, 2.05) is 42.1 Å². The molecule has 2 rings (SSSR count). The van der Waals surface area contributed by atoms with Crippen molar-refractivity contribution in [2.75, 3.05) is 0 Å². The maximum Gasteiger partial charge on any atom is 0.201 e. The van der Waals surface area contributed by atoms with E-state index in [0.717, 1.165) is 17.7 Å². The first-order valence-corrected chi connectivity index (χ1v) is 9.29. The molecule has 0 unspecified atom stereocenters. The summed E-state index contributed by atoms with van der Waals surface area (Å²) in [4.78, 5) is 25.6. The highest BCUT2D eigenvalue weighted by Crippen LogP contribution is 2.49. The molecule has 1 saturated heterocycles. The van der Waals surface area contributed by atoms with Crippen LogP contribution < -0.4 is 0 Å². The van der Waals surface area contributed by atoms with E-state index >= 15 is 0 Å². The van der Waals surface area contributed by atoms with Crippen molar-refractivity contribution in [3.05, 3.63) is 30.3 Å². The molecular weight excluding hydrogens is 312 g/mol. The molecule has 22 heavy (non-hydrogen) atoms. The van der Waals surface area contributed by atoms with Gasteiger partial charge in [0.25, 0.3) is 0 Å². The third-order valence-corrected chi connectivity index (χ3v) is 6.10. The van der Waals surface area contributed by atoms with Gasteiger partial charge in [0.15, 0.2) is 0 Å². The first-order valence-electron chi connectivity index (χ1n) is 7.65. The van der Waals surface area contributed by atoms with Gasteiger partial charge in [-0.2, -0.15) is 0 Å². The summed E-state index contributed by atoms with van der Waals surface area (Å²) in [6.07, 6.45) is 1.77. The van der Waals surface area contributed by atoms with Crippen LogP contribution in [-0.4, -0.2) is 20.4 Å².